The molecule has 0 aliphatic carbocycles. The normalized spacial score (nSPS) is 11.2. The van der Waals surface area contributed by atoms with Crippen LogP contribution in [0.1, 0.15) is 11.1 Å². The van der Waals surface area contributed by atoms with Crippen molar-refractivity contribution in [1.82, 2.24) is 9.97 Å². The number of aryl methyl sites for hydroxylation is 2. The second-order valence-corrected chi connectivity index (χ2v) is 6.51. The molecule has 6 heteroatoms. The predicted molar refractivity (Wildman–Crippen MR) is 87.4 cm³/mol. The van der Waals surface area contributed by atoms with Gasteiger partial charge in [0.05, 0.1) is 20.4 Å². The molecule has 3 aromatic rings. The lowest BCUT2D eigenvalue weighted by atomic mass is 10.1. The van der Waals surface area contributed by atoms with Crippen LogP contribution in [0, 0.1) is 13.8 Å². The Balaban J connectivity index is 2.35. The zero-order chi connectivity index (χ0) is 14.4. The number of rotatable bonds is 1. The Kier molecular flexibility index (Phi) is 3.63. The van der Waals surface area contributed by atoms with Gasteiger partial charge in [-0.15, -0.1) is 11.3 Å². The van der Waals surface area contributed by atoms with Gasteiger partial charge in [0, 0.05) is 5.39 Å². The van der Waals surface area contributed by atoms with Gasteiger partial charge in [0.1, 0.15) is 5.15 Å². The molecule has 20 heavy (non-hydrogen) atoms. The van der Waals surface area contributed by atoms with E-state index in [0.29, 0.717) is 26.5 Å². The maximum absolute atomic E-state index is 6.30. The third kappa shape index (κ3) is 2.19. The molecule has 2 heterocycles. The van der Waals surface area contributed by atoms with Gasteiger partial charge in [0.15, 0.2) is 5.82 Å². The van der Waals surface area contributed by atoms with Crippen molar-refractivity contribution < 1.29 is 0 Å². The number of aromatic nitrogens is 2. The summed E-state index contributed by atoms with van der Waals surface area (Å²) >= 11 is 20.3. The van der Waals surface area contributed by atoms with Crippen LogP contribution in [0.5, 0.6) is 0 Å². The van der Waals surface area contributed by atoms with E-state index < -0.39 is 0 Å². The zero-order valence-corrected chi connectivity index (χ0v) is 13.8. The molecule has 0 aliphatic rings. The molecule has 2 nitrogen and oxygen atoms in total. The first kappa shape index (κ1) is 14.1. The smallest absolute Gasteiger partial charge is 0.173 e. The topological polar surface area (TPSA) is 25.8 Å². The number of hydrogen-bond donors (Lipinski definition) is 0. The summed E-state index contributed by atoms with van der Waals surface area (Å²) in [5.74, 6) is 0.512. The van der Waals surface area contributed by atoms with Gasteiger partial charge < -0.3 is 0 Å². The van der Waals surface area contributed by atoms with Crippen LogP contribution in [0.15, 0.2) is 17.5 Å². The summed E-state index contributed by atoms with van der Waals surface area (Å²) in [5.41, 5.74) is 2.65. The van der Waals surface area contributed by atoms with Gasteiger partial charge in [-0.1, -0.05) is 40.9 Å². The number of fused-ring (bicyclic) bond motifs is 1. The zero-order valence-electron chi connectivity index (χ0n) is 10.7. The highest BCUT2D eigenvalue weighted by molar-refractivity contribution is 7.14. The Morgan fingerprint density at radius 3 is 2.40 bits per heavy atom. The molecular formula is C14H9Cl3N2S. The number of benzene rings is 1. The largest absolute Gasteiger partial charge is 0.225 e. The van der Waals surface area contributed by atoms with Gasteiger partial charge in [-0.2, -0.15) is 0 Å². The Hall–Kier alpha value is -0.870. The molecule has 0 saturated heterocycles. The van der Waals surface area contributed by atoms with Crippen LogP contribution < -0.4 is 0 Å². The summed E-state index contributed by atoms with van der Waals surface area (Å²) in [6, 6.07) is 3.72. The fourth-order valence-electron chi connectivity index (χ4n) is 2.00. The molecule has 0 spiro atoms. The third-order valence-electron chi connectivity index (χ3n) is 3.07. The lowest BCUT2D eigenvalue weighted by molar-refractivity contribution is 1.23. The minimum Gasteiger partial charge on any atom is -0.225 e. The van der Waals surface area contributed by atoms with E-state index in [0.717, 1.165) is 21.4 Å². The molecule has 2 aromatic heterocycles. The Labute approximate surface area is 135 Å². The number of halogens is 3. The first-order valence-electron chi connectivity index (χ1n) is 5.85. The maximum Gasteiger partial charge on any atom is 0.173 e. The molecule has 0 aliphatic heterocycles. The highest BCUT2D eigenvalue weighted by atomic mass is 35.5. The van der Waals surface area contributed by atoms with Crippen molar-refractivity contribution in [2.45, 2.75) is 13.8 Å². The van der Waals surface area contributed by atoms with Crippen LogP contribution in [0.25, 0.3) is 21.6 Å². The van der Waals surface area contributed by atoms with Gasteiger partial charge in [0.25, 0.3) is 0 Å². The second kappa shape index (κ2) is 5.15. The van der Waals surface area contributed by atoms with Crippen LogP contribution in [0.4, 0.5) is 0 Å². The SMILES string of the molecule is Cc1csc(-c2nc(Cl)c3c(C)ccc(Cl)c3n2)c1Cl. The van der Waals surface area contributed by atoms with Crippen LogP contribution in [0.3, 0.4) is 0 Å². The second-order valence-electron chi connectivity index (χ2n) is 4.49. The molecule has 0 radical (unpaired) electrons. The molecule has 0 atom stereocenters. The third-order valence-corrected chi connectivity index (χ3v) is 5.34. The van der Waals surface area contributed by atoms with E-state index in [1.165, 1.54) is 11.3 Å². The van der Waals surface area contributed by atoms with Gasteiger partial charge in [0.2, 0.25) is 0 Å². The van der Waals surface area contributed by atoms with Gasteiger partial charge in [-0.3, -0.25) is 0 Å². The van der Waals surface area contributed by atoms with Crippen LogP contribution in [0.2, 0.25) is 15.2 Å². The van der Waals surface area contributed by atoms with Crippen molar-refractivity contribution in [2.24, 2.45) is 0 Å². The average Bonchev–Trinajstić information content (AvgIpc) is 2.74. The van der Waals surface area contributed by atoms with E-state index in [1.807, 2.05) is 31.4 Å². The number of hydrogen-bond acceptors (Lipinski definition) is 3. The standard InChI is InChI=1S/C14H9Cl3N2S/c1-6-3-4-8(15)11-9(6)13(17)19-14(18-11)12-10(16)7(2)5-20-12/h3-5H,1-2H3. The molecule has 0 bridgehead atoms. The minimum absolute atomic E-state index is 0.395. The summed E-state index contributed by atoms with van der Waals surface area (Å²) in [7, 11) is 0. The van der Waals surface area contributed by atoms with Crippen molar-refractivity contribution in [1.29, 1.82) is 0 Å². The predicted octanol–water partition coefficient (Wildman–Crippen LogP) is 5.94. The van der Waals surface area contributed by atoms with Crippen molar-refractivity contribution in [3.8, 4) is 10.7 Å². The van der Waals surface area contributed by atoms with Gasteiger partial charge in [-0.05, 0) is 36.4 Å². The van der Waals surface area contributed by atoms with Crippen molar-refractivity contribution in [3.05, 3.63) is 43.8 Å². The highest BCUT2D eigenvalue weighted by Gasteiger charge is 2.16. The lowest BCUT2D eigenvalue weighted by Crippen LogP contribution is -1.93. The minimum atomic E-state index is 0.395. The summed E-state index contributed by atoms with van der Waals surface area (Å²) < 4.78 is 0. The van der Waals surface area contributed by atoms with Crippen LogP contribution in [-0.2, 0) is 0 Å². The monoisotopic (exact) mass is 342 g/mol. The first-order valence-corrected chi connectivity index (χ1v) is 7.86. The van der Waals surface area contributed by atoms with Crippen molar-refractivity contribution in [3.63, 3.8) is 0 Å². The Morgan fingerprint density at radius 1 is 1.00 bits per heavy atom. The van der Waals surface area contributed by atoms with Gasteiger partial charge in [-0.25, -0.2) is 9.97 Å². The van der Waals surface area contributed by atoms with E-state index in [9.17, 15) is 0 Å². The quantitative estimate of drug-likeness (QED) is 0.511. The van der Waals surface area contributed by atoms with Crippen LogP contribution >= 0.6 is 46.1 Å². The Bertz CT molecular complexity index is 827. The fraction of sp³-hybridized carbons (Fsp3) is 0.143. The first-order chi connectivity index (χ1) is 9.49. The molecule has 0 N–H and O–H groups in total. The van der Waals surface area contributed by atoms with E-state index in [4.69, 9.17) is 34.8 Å². The van der Waals surface area contributed by atoms with Crippen molar-refractivity contribution >= 4 is 57.0 Å². The summed E-state index contributed by atoms with van der Waals surface area (Å²) in [6.45, 7) is 3.90. The average molecular weight is 344 g/mol. The fourth-order valence-corrected chi connectivity index (χ4v) is 3.73. The van der Waals surface area contributed by atoms with Crippen molar-refractivity contribution in [2.75, 3.05) is 0 Å². The van der Waals surface area contributed by atoms with Crippen LogP contribution in [-0.4, -0.2) is 9.97 Å². The molecule has 102 valence electrons. The maximum atomic E-state index is 6.30. The lowest BCUT2D eigenvalue weighted by Gasteiger charge is -2.07. The molecule has 0 amide bonds. The number of nitrogens with zero attached hydrogens (tertiary/aromatic N) is 2. The molecule has 3 rings (SSSR count). The molecule has 0 saturated carbocycles. The highest BCUT2D eigenvalue weighted by Crippen LogP contribution is 2.37. The Morgan fingerprint density at radius 2 is 1.75 bits per heavy atom. The molecule has 1 aromatic carbocycles. The summed E-state index contributed by atoms with van der Waals surface area (Å²) in [5, 5.41) is 4.37. The molecule has 0 fully saturated rings. The molecular weight excluding hydrogens is 335 g/mol. The number of thiophene rings is 1. The summed E-state index contributed by atoms with van der Waals surface area (Å²) in [6.07, 6.45) is 0. The van der Waals surface area contributed by atoms with Gasteiger partial charge >= 0.3 is 0 Å². The van der Waals surface area contributed by atoms with E-state index in [-0.39, 0.29) is 0 Å². The molecule has 0 unspecified atom stereocenters. The summed E-state index contributed by atoms with van der Waals surface area (Å²) in [4.78, 5) is 9.72. The van der Waals surface area contributed by atoms with E-state index in [2.05, 4.69) is 9.97 Å². The van der Waals surface area contributed by atoms with E-state index >= 15 is 0 Å². The van der Waals surface area contributed by atoms with E-state index in [1.54, 1.807) is 0 Å².